The van der Waals surface area contributed by atoms with E-state index in [9.17, 15) is 0 Å². The van der Waals surface area contributed by atoms with Crippen LogP contribution in [-0.4, -0.2) is 5.79 Å². The number of hydrogen-bond donors (Lipinski definition) is 1. The molecule has 0 radical (unpaired) electrons. The van der Waals surface area contributed by atoms with E-state index >= 15 is 0 Å². The molecule has 0 aliphatic carbocycles. The molecule has 2 N–H and O–H groups in total. The molecule has 0 bridgehead atoms. The average Bonchev–Trinajstić information content (AvgIpc) is 2.34. The minimum absolute atomic E-state index is 0.413. The summed E-state index contributed by atoms with van der Waals surface area (Å²) in [6, 6.07) is 3.85. The van der Waals surface area contributed by atoms with Crippen LogP contribution in [0.3, 0.4) is 0 Å². The molecule has 0 fully saturated rings. The number of benzene rings is 1. The van der Waals surface area contributed by atoms with E-state index < -0.39 is 11.3 Å². The predicted molar refractivity (Wildman–Crippen MR) is 66.7 cm³/mol. The van der Waals surface area contributed by atoms with Crippen LogP contribution in [-0.2, 0) is 5.54 Å². The molecule has 2 rings (SSSR count). The summed E-state index contributed by atoms with van der Waals surface area (Å²) in [6.07, 6.45) is 0. The maximum absolute atomic E-state index is 6.09. The van der Waals surface area contributed by atoms with Crippen molar-refractivity contribution in [2.45, 2.75) is 39.0 Å². The zero-order valence-electron chi connectivity index (χ0n) is 9.93. The van der Waals surface area contributed by atoms with Crippen molar-refractivity contribution in [2.24, 2.45) is 5.73 Å². The second-order valence-corrected chi connectivity index (χ2v) is 5.96. The molecule has 3 nitrogen and oxygen atoms in total. The molecule has 0 unspecified atom stereocenters. The van der Waals surface area contributed by atoms with Crippen LogP contribution in [0.4, 0.5) is 0 Å². The van der Waals surface area contributed by atoms with E-state index in [0.717, 1.165) is 21.5 Å². The van der Waals surface area contributed by atoms with Gasteiger partial charge in [0.05, 0.1) is 0 Å². The van der Waals surface area contributed by atoms with Gasteiger partial charge in [-0.15, -0.1) is 0 Å². The molecule has 0 amide bonds. The van der Waals surface area contributed by atoms with Gasteiger partial charge in [0.25, 0.3) is 0 Å². The molecule has 1 aliphatic rings. The van der Waals surface area contributed by atoms with Gasteiger partial charge >= 0.3 is 0 Å². The van der Waals surface area contributed by atoms with E-state index in [2.05, 4.69) is 15.9 Å². The topological polar surface area (TPSA) is 44.5 Å². The van der Waals surface area contributed by atoms with Gasteiger partial charge < -0.3 is 15.2 Å². The lowest BCUT2D eigenvalue weighted by atomic mass is 9.95. The zero-order valence-corrected chi connectivity index (χ0v) is 11.5. The Kier molecular flexibility index (Phi) is 2.48. The number of ether oxygens (including phenoxy) is 2. The van der Waals surface area contributed by atoms with Crippen molar-refractivity contribution in [1.29, 1.82) is 0 Å². The highest BCUT2D eigenvalue weighted by molar-refractivity contribution is 9.10. The third kappa shape index (κ3) is 2.04. The largest absolute Gasteiger partial charge is 0.449 e. The smallest absolute Gasteiger partial charge is 0.246 e. The van der Waals surface area contributed by atoms with Gasteiger partial charge in [0.15, 0.2) is 11.5 Å². The van der Waals surface area contributed by atoms with Crippen LogP contribution in [0, 0.1) is 0 Å². The van der Waals surface area contributed by atoms with Gasteiger partial charge in [-0.1, -0.05) is 15.9 Å². The minimum Gasteiger partial charge on any atom is -0.449 e. The lowest BCUT2D eigenvalue weighted by Gasteiger charge is -2.21. The maximum atomic E-state index is 6.09. The van der Waals surface area contributed by atoms with E-state index in [-0.39, 0.29) is 0 Å². The molecule has 0 atom stereocenters. The second kappa shape index (κ2) is 3.37. The van der Waals surface area contributed by atoms with Gasteiger partial charge in [-0.05, 0) is 31.5 Å². The summed E-state index contributed by atoms with van der Waals surface area (Å²) in [5, 5.41) is 0. The van der Waals surface area contributed by atoms with Crippen LogP contribution in [0.25, 0.3) is 0 Å². The molecule has 1 heterocycles. The third-order valence-electron chi connectivity index (χ3n) is 2.44. The summed E-state index contributed by atoms with van der Waals surface area (Å²) >= 11 is 3.51. The highest BCUT2D eigenvalue weighted by atomic mass is 79.9. The fourth-order valence-corrected chi connectivity index (χ4v) is 2.57. The number of nitrogens with two attached hydrogens (primary N) is 1. The SMILES string of the molecule is CC1(C)Oc2cc(Br)c(C(C)(C)N)cc2O1. The zero-order chi connectivity index (χ0) is 12.1. The van der Waals surface area contributed by atoms with Gasteiger partial charge in [-0.3, -0.25) is 0 Å². The average molecular weight is 286 g/mol. The van der Waals surface area contributed by atoms with Crippen molar-refractivity contribution < 1.29 is 9.47 Å². The van der Waals surface area contributed by atoms with Gasteiger partial charge in [0.1, 0.15) is 0 Å². The first-order chi connectivity index (χ1) is 7.19. The Labute approximate surface area is 104 Å². The third-order valence-corrected chi connectivity index (χ3v) is 3.10. The fourth-order valence-electron chi connectivity index (χ4n) is 1.74. The van der Waals surface area contributed by atoms with Crippen LogP contribution in [0.2, 0.25) is 0 Å². The first kappa shape index (κ1) is 11.7. The summed E-state index contributed by atoms with van der Waals surface area (Å²) in [5.41, 5.74) is 6.69. The quantitative estimate of drug-likeness (QED) is 0.862. The Balaban J connectivity index is 2.49. The van der Waals surface area contributed by atoms with Crippen LogP contribution in [0.15, 0.2) is 16.6 Å². The number of hydrogen-bond acceptors (Lipinski definition) is 3. The van der Waals surface area contributed by atoms with E-state index in [1.165, 1.54) is 0 Å². The van der Waals surface area contributed by atoms with E-state index in [0.29, 0.717) is 0 Å². The Hall–Kier alpha value is -0.740. The molecule has 0 aromatic heterocycles. The highest BCUT2D eigenvalue weighted by Crippen LogP contribution is 2.44. The molecular formula is C12H16BrNO2. The molecule has 0 spiro atoms. The monoisotopic (exact) mass is 285 g/mol. The van der Waals surface area contributed by atoms with Gasteiger partial charge in [-0.2, -0.15) is 0 Å². The molecule has 16 heavy (non-hydrogen) atoms. The van der Waals surface area contributed by atoms with Gasteiger partial charge in [0.2, 0.25) is 5.79 Å². The molecule has 1 aromatic carbocycles. The van der Waals surface area contributed by atoms with Crippen LogP contribution >= 0.6 is 15.9 Å². The second-order valence-electron chi connectivity index (χ2n) is 5.10. The number of fused-ring (bicyclic) bond motifs is 1. The molecule has 1 aromatic rings. The first-order valence-electron chi connectivity index (χ1n) is 5.20. The Morgan fingerprint density at radius 2 is 1.69 bits per heavy atom. The van der Waals surface area contributed by atoms with Crippen LogP contribution in [0.5, 0.6) is 11.5 Å². The summed E-state index contributed by atoms with van der Waals surface area (Å²) in [5.74, 6) is 0.908. The maximum Gasteiger partial charge on any atom is 0.246 e. The Bertz CT molecular complexity index is 435. The molecule has 1 aliphatic heterocycles. The normalized spacial score (nSPS) is 17.6. The van der Waals surface area contributed by atoms with E-state index in [1.807, 2.05) is 39.8 Å². The van der Waals surface area contributed by atoms with E-state index in [4.69, 9.17) is 15.2 Å². The molecular weight excluding hydrogens is 270 g/mol. The van der Waals surface area contributed by atoms with Crippen molar-refractivity contribution in [3.05, 3.63) is 22.2 Å². The lowest BCUT2D eigenvalue weighted by Crippen LogP contribution is -2.30. The van der Waals surface area contributed by atoms with Gasteiger partial charge in [0, 0.05) is 23.9 Å². The van der Waals surface area contributed by atoms with E-state index in [1.54, 1.807) is 0 Å². The number of rotatable bonds is 1. The van der Waals surface area contributed by atoms with Crippen molar-refractivity contribution in [3.8, 4) is 11.5 Å². The number of halogens is 1. The van der Waals surface area contributed by atoms with Crippen LogP contribution < -0.4 is 15.2 Å². The minimum atomic E-state index is -0.598. The molecule has 4 heteroatoms. The van der Waals surface area contributed by atoms with Gasteiger partial charge in [-0.25, -0.2) is 0 Å². The highest BCUT2D eigenvalue weighted by Gasteiger charge is 2.33. The van der Waals surface area contributed by atoms with Crippen molar-refractivity contribution in [1.82, 2.24) is 0 Å². The van der Waals surface area contributed by atoms with Crippen molar-refractivity contribution >= 4 is 15.9 Å². The summed E-state index contributed by atoms with van der Waals surface area (Å²) in [7, 11) is 0. The Morgan fingerprint density at radius 3 is 2.19 bits per heavy atom. The summed E-state index contributed by atoms with van der Waals surface area (Å²) < 4.78 is 12.3. The van der Waals surface area contributed by atoms with Crippen molar-refractivity contribution in [3.63, 3.8) is 0 Å². The van der Waals surface area contributed by atoms with Crippen molar-refractivity contribution in [2.75, 3.05) is 0 Å². The molecule has 0 saturated heterocycles. The predicted octanol–water partition coefficient (Wildman–Crippen LogP) is 3.15. The Morgan fingerprint density at radius 1 is 1.19 bits per heavy atom. The van der Waals surface area contributed by atoms with Crippen LogP contribution in [0.1, 0.15) is 33.3 Å². The first-order valence-corrected chi connectivity index (χ1v) is 5.99. The molecule has 0 saturated carbocycles. The standard InChI is InChI=1S/C12H16BrNO2/c1-11(2,14)7-5-9-10(6-8(7)13)16-12(3,4)15-9/h5-6H,14H2,1-4H3. The summed E-state index contributed by atoms with van der Waals surface area (Å²) in [4.78, 5) is 0. The fraction of sp³-hybridized carbons (Fsp3) is 0.500. The molecule has 88 valence electrons. The summed E-state index contributed by atoms with van der Waals surface area (Å²) in [6.45, 7) is 7.68. The lowest BCUT2D eigenvalue weighted by molar-refractivity contribution is -0.0431.